The molecule has 1 aromatic carbocycles. The van der Waals surface area contributed by atoms with Gasteiger partial charge in [0.25, 0.3) is 0 Å². The fourth-order valence-corrected chi connectivity index (χ4v) is 4.28. The highest BCUT2D eigenvalue weighted by atomic mass is 16.5. The Morgan fingerprint density at radius 2 is 2.00 bits per heavy atom. The molecular formula is C18H23NO. The largest absolute Gasteiger partial charge is 0.399 e. The van der Waals surface area contributed by atoms with Crippen LogP contribution in [0.3, 0.4) is 0 Å². The van der Waals surface area contributed by atoms with Gasteiger partial charge in [0.15, 0.2) is 0 Å². The Morgan fingerprint density at radius 3 is 2.85 bits per heavy atom. The van der Waals surface area contributed by atoms with Crippen LogP contribution < -0.4 is 5.73 Å². The molecule has 2 fully saturated rings. The molecule has 1 saturated heterocycles. The van der Waals surface area contributed by atoms with Crippen LogP contribution in [-0.4, -0.2) is 11.7 Å². The minimum atomic E-state index is 0.240. The van der Waals surface area contributed by atoms with E-state index in [1.165, 1.54) is 55.2 Å². The minimum Gasteiger partial charge on any atom is -0.399 e. The van der Waals surface area contributed by atoms with Crippen LogP contribution in [0.2, 0.25) is 0 Å². The first-order valence-electron chi connectivity index (χ1n) is 8.01. The van der Waals surface area contributed by atoms with Crippen LogP contribution in [-0.2, 0) is 11.2 Å². The molecule has 0 aromatic heterocycles. The highest BCUT2D eigenvalue weighted by Gasteiger charge is 2.41. The van der Waals surface area contributed by atoms with Crippen LogP contribution in [0.1, 0.15) is 56.1 Å². The van der Waals surface area contributed by atoms with E-state index in [4.69, 9.17) is 10.5 Å². The Kier molecular flexibility index (Phi) is 2.88. The number of rotatable bonds is 1. The normalized spacial score (nSPS) is 29.4. The average Bonchev–Trinajstić information content (AvgIpc) is 3.14. The molecule has 3 aliphatic rings. The van der Waals surface area contributed by atoms with E-state index < -0.39 is 0 Å². The first-order chi connectivity index (χ1) is 9.74. The summed E-state index contributed by atoms with van der Waals surface area (Å²) in [5.41, 5.74) is 11.3. The third-order valence-electron chi connectivity index (χ3n) is 5.33. The average molecular weight is 269 g/mol. The molecule has 2 aliphatic carbocycles. The van der Waals surface area contributed by atoms with E-state index in [-0.39, 0.29) is 5.60 Å². The molecule has 20 heavy (non-hydrogen) atoms. The highest BCUT2D eigenvalue weighted by molar-refractivity contribution is 5.74. The van der Waals surface area contributed by atoms with Crippen molar-refractivity contribution >= 4 is 11.3 Å². The molecule has 106 valence electrons. The van der Waals surface area contributed by atoms with E-state index in [1.807, 2.05) is 6.07 Å². The first-order valence-corrected chi connectivity index (χ1v) is 8.01. The lowest BCUT2D eigenvalue weighted by molar-refractivity contribution is -0.0177. The number of fused-ring (bicyclic) bond motifs is 1. The standard InChI is InChI=1S/C18H23NO/c19-15-5-6-17-13(11-15)3-4-14(17)12-16-7-10-18(20-16)8-1-2-9-18/h5-6,11-12,16H,1-4,7-10,19H2/b14-12+. The monoisotopic (exact) mass is 269 g/mol. The Bertz CT molecular complexity index is 555. The van der Waals surface area contributed by atoms with Gasteiger partial charge in [0.05, 0.1) is 11.7 Å². The van der Waals surface area contributed by atoms with Gasteiger partial charge in [0.2, 0.25) is 0 Å². The van der Waals surface area contributed by atoms with Crippen LogP contribution in [0.25, 0.3) is 5.57 Å². The lowest BCUT2D eigenvalue weighted by Crippen LogP contribution is -2.24. The summed E-state index contributed by atoms with van der Waals surface area (Å²) in [5.74, 6) is 0. The summed E-state index contributed by atoms with van der Waals surface area (Å²) in [6.45, 7) is 0. The number of nitrogens with two attached hydrogens (primary N) is 1. The van der Waals surface area contributed by atoms with E-state index in [9.17, 15) is 0 Å². The number of benzene rings is 1. The van der Waals surface area contributed by atoms with Gasteiger partial charge < -0.3 is 10.5 Å². The van der Waals surface area contributed by atoms with Crippen molar-refractivity contribution in [1.82, 2.24) is 0 Å². The maximum absolute atomic E-state index is 6.41. The van der Waals surface area contributed by atoms with Gasteiger partial charge in [-0.25, -0.2) is 0 Å². The molecule has 0 bridgehead atoms. The molecule has 0 amide bonds. The molecule has 1 spiro atoms. The highest BCUT2D eigenvalue weighted by Crippen LogP contribution is 2.44. The number of hydrogen-bond donors (Lipinski definition) is 1. The van der Waals surface area contributed by atoms with Crippen molar-refractivity contribution in [3.8, 4) is 0 Å². The Hall–Kier alpha value is -1.28. The van der Waals surface area contributed by atoms with Crippen LogP contribution in [0.5, 0.6) is 0 Å². The number of anilines is 1. The van der Waals surface area contributed by atoms with Crippen molar-refractivity contribution in [1.29, 1.82) is 0 Å². The lowest BCUT2D eigenvalue weighted by Gasteiger charge is -2.23. The third kappa shape index (κ3) is 2.07. The fourth-order valence-electron chi connectivity index (χ4n) is 4.28. The van der Waals surface area contributed by atoms with Crippen molar-refractivity contribution in [3.63, 3.8) is 0 Å². The fraction of sp³-hybridized carbons (Fsp3) is 0.556. The molecule has 1 unspecified atom stereocenters. The SMILES string of the molecule is Nc1ccc2c(c1)CC/C2=C\C1CCC2(CCCC2)O1. The van der Waals surface area contributed by atoms with Gasteiger partial charge in [-0.05, 0) is 67.4 Å². The number of allylic oxidation sites excluding steroid dienone is 1. The van der Waals surface area contributed by atoms with E-state index in [0.717, 1.165) is 18.5 Å². The predicted octanol–water partition coefficient (Wildman–Crippen LogP) is 4.09. The zero-order valence-corrected chi connectivity index (χ0v) is 12.0. The van der Waals surface area contributed by atoms with E-state index >= 15 is 0 Å². The molecule has 2 nitrogen and oxygen atoms in total. The summed E-state index contributed by atoms with van der Waals surface area (Å²) in [6, 6.07) is 6.33. The molecule has 1 saturated carbocycles. The molecule has 4 rings (SSSR count). The molecule has 1 aliphatic heterocycles. The van der Waals surface area contributed by atoms with Gasteiger partial charge in [-0.3, -0.25) is 0 Å². The van der Waals surface area contributed by atoms with Crippen molar-refractivity contribution in [3.05, 3.63) is 35.4 Å². The smallest absolute Gasteiger partial charge is 0.0770 e. The summed E-state index contributed by atoms with van der Waals surface area (Å²) >= 11 is 0. The summed E-state index contributed by atoms with van der Waals surface area (Å²) in [4.78, 5) is 0. The second-order valence-electron chi connectivity index (χ2n) is 6.69. The van der Waals surface area contributed by atoms with Crippen LogP contribution >= 0.6 is 0 Å². The zero-order valence-electron chi connectivity index (χ0n) is 12.0. The van der Waals surface area contributed by atoms with Gasteiger partial charge in [0, 0.05) is 5.69 Å². The van der Waals surface area contributed by atoms with Gasteiger partial charge in [-0.15, -0.1) is 0 Å². The van der Waals surface area contributed by atoms with Gasteiger partial charge in [-0.2, -0.15) is 0 Å². The number of hydrogen-bond acceptors (Lipinski definition) is 2. The first kappa shape index (κ1) is 12.5. The predicted molar refractivity (Wildman–Crippen MR) is 82.5 cm³/mol. The van der Waals surface area contributed by atoms with Crippen molar-refractivity contribution < 1.29 is 4.74 Å². The number of aryl methyl sites for hydroxylation is 1. The van der Waals surface area contributed by atoms with Crippen LogP contribution in [0.15, 0.2) is 24.3 Å². The third-order valence-corrected chi connectivity index (χ3v) is 5.33. The Balaban J connectivity index is 1.55. The quantitative estimate of drug-likeness (QED) is 0.779. The second kappa shape index (κ2) is 4.63. The van der Waals surface area contributed by atoms with E-state index in [2.05, 4.69) is 18.2 Å². The van der Waals surface area contributed by atoms with Crippen LogP contribution in [0.4, 0.5) is 5.69 Å². The molecular weight excluding hydrogens is 246 g/mol. The second-order valence-corrected chi connectivity index (χ2v) is 6.69. The summed E-state index contributed by atoms with van der Waals surface area (Å²) in [7, 11) is 0. The summed E-state index contributed by atoms with van der Waals surface area (Å²) in [5, 5.41) is 0. The number of nitrogen functional groups attached to an aromatic ring is 1. The van der Waals surface area contributed by atoms with E-state index in [1.54, 1.807) is 0 Å². The molecule has 0 radical (unpaired) electrons. The minimum absolute atomic E-state index is 0.240. The maximum atomic E-state index is 6.41. The van der Waals surface area contributed by atoms with Crippen molar-refractivity contribution in [2.75, 3.05) is 5.73 Å². The van der Waals surface area contributed by atoms with E-state index in [0.29, 0.717) is 6.10 Å². The molecule has 1 atom stereocenters. The summed E-state index contributed by atoms with van der Waals surface area (Å²) in [6.07, 6.45) is 12.7. The molecule has 2 N–H and O–H groups in total. The van der Waals surface area contributed by atoms with Gasteiger partial charge >= 0.3 is 0 Å². The lowest BCUT2D eigenvalue weighted by atomic mass is 9.98. The zero-order chi connectivity index (χ0) is 13.6. The number of ether oxygens (including phenoxy) is 1. The van der Waals surface area contributed by atoms with Crippen molar-refractivity contribution in [2.24, 2.45) is 0 Å². The van der Waals surface area contributed by atoms with Crippen molar-refractivity contribution in [2.45, 2.75) is 63.1 Å². The van der Waals surface area contributed by atoms with Gasteiger partial charge in [0.1, 0.15) is 0 Å². The summed E-state index contributed by atoms with van der Waals surface area (Å²) < 4.78 is 6.41. The molecule has 2 heteroatoms. The topological polar surface area (TPSA) is 35.2 Å². The maximum Gasteiger partial charge on any atom is 0.0770 e. The van der Waals surface area contributed by atoms with Crippen LogP contribution in [0, 0.1) is 0 Å². The molecule has 1 aromatic rings. The van der Waals surface area contributed by atoms with Gasteiger partial charge in [-0.1, -0.05) is 25.0 Å². The Labute approximate surface area is 121 Å². The molecule has 1 heterocycles. The Morgan fingerprint density at radius 1 is 1.15 bits per heavy atom.